The summed E-state index contributed by atoms with van der Waals surface area (Å²) in [7, 11) is 3.03. The van der Waals surface area contributed by atoms with Crippen LogP contribution < -0.4 is 24.8 Å². The summed E-state index contributed by atoms with van der Waals surface area (Å²) in [6.07, 6.45) is 0.132. The predicted octanol–water partition coefficient (Wildman–Crippen LogP) is 2.86. The number of ether oxygens (including phenoxy) is 3. The molecule has 0 saturated carbocycles. The summed E-state index contributed by atoms with van der Waals surface area (Å²) in [6.45, 7) is 2.58. The summed E-state index contributed by atoms with van der Waals surface area (Å²) >= 11 is 0. The Morgan fingerprint density at radius 1 is 1.00 bits per heavy atom. The monoisotopic (exact) mass is 372 g/mol. The van der Waals surface area contributed by atoms with Crippen LogP contribution in [0.4, 0.5) is 5.69 Å². The van der Waals surface area contributed by atoms with Gasteiger partial charge in [-0.2, -0.15) is 0 Å². The van der Waals surface area contributed by atoms with Crippen molar-refractivity contribution in [1.29, 1.82) is 0 Å². The number of methoxy groups -OCH3 is 2. The third-order valence-electron chi connectivity index (χ3n) is 3.71. The van der Waals surface area contributed by atoms with Gasteiger partial charge in [-0.05, 0) is 31.2 Å². The second-order valence-electron chi connectivity index (χ2n) is 5.58. The number of carbonyl (C=O) groups is 2. The summed E-state index contributed by atoms with van der Waals surface area (Å²) in [5.74, 6) is 1.12. The van der Waals surface area contributed by atoms with Crippen LogP contribution in [0.3, 0.4) is 0 Å². The lowest BCUT2D eigenvalue weighted by atomic mass is 10.2. The summed E-state index contributed by atoms with van der Waals surface area (Å²) in [5, 5.41) is 5.51. The van der Waals surface area contributed by atoms with Crippen molar-refractivity contribution < 1.29 is 23.8 Å². The Hall–Kier alpha value is -3.22. The zero-order valence-corrected chi connectivity index (χ0v) is 15.7. The average Bonchev–Trinajstić information content (AvgIpc) is 2.69. The first-order valence-electron chi connectivity index (χ1n) is 8.60. The SMILES string of the molecule is CCOc1ccccc1NC(=O)CCNC(=O)c1cc(OC)cc(OC)c1. The van der Waals surface area contributed by atoms with Crippen LogP contribution in [0.5, 0.6) is 17.2 Å². The summed E-state index contributed by atoms with van der Waals surface area (Å²) in [5.41, 5.74) is 1.00. The van der Waals surface area contributed by atoms with Crippen LogP contribution >= 0.6 is 0 Å². The molecule has 0 aliphatic carbocycles. The second-order valence-corrected chi connectivity index (χ2v) is 5.58. The largest absolute Gasteiger partial charge is 0.497 e. The Bertz CT molecular complexity index is 769. The third kappa shape index (κ3) is 5.91. The van der Waals surface area contributed by atoms with E-state index in [-0.39, 0.29) is 24.8 Å². The van der Waals surface area contributed by atoms with Crippen molar-refractivity contribution in [2.24, 2.45) is 0 Å². The molecule has 144 valence electrons. The molecule has 0 aliphatic rings. The third-order valence-corrected chi connectivity index (χ3v) is 3.71. The Kier molecular flexibility index (Phi) is 7.49. The maximum atomic E-state index is 12.3. The molecule has 0 atom stereocenters. The molecule has 2 amide bonds. The van der Waals surface area contributed by atoms with Gasteiger partial charge >= 0.3 is 0 Å². The van der Waals surface area contributed by atoms with E-state index in [1.54, 1.807) is 30.3 Å². The van der Waals surface area contributed by atoms with Crippen LogP contribution in [0.25, 0.3) is 0 Å². The van der Waals surface area contributed by atoms with Gasteiger partial charge in [-0.1, -0.05) is 12.1 Å². The van der Waals surface area contributed by atoms with Gasteiger partial charge in [0, 0.05) is 24.6 Å². The van der Waals surface area contributed by atoms with Crippen molar-refractivity contribution in [3.05, 3.63) is 48.0 Å². The fourth-order valence-electron chi connectivity index (χ4n) is 2.39. The number of hydrogen-bond acceptors (Lipinski definition) is 5. The van der Waals surface area contributed by atoms with Crippen LogP contribution in [-0.2, 0) is 4.79 Å². The van der Waals surface area contributed by atoms with Crippen molar-refractivity contribution in [3.8, 4) is 17.2 Å². The zero-order chi connectivity index (χ0) is 19.6. The molecule has 0 aromatic heterocycles. The highest BCUT2D eigenvalue weighted by atomic mass is 16.5. The van der Waals surface area contributed by atoms with E-state index in [9.17, 15) is 9.59 Å². The Morgan fingerprint density at radius 2 is 1.67 bits per heavy atom. The molecule has 2 N–H and O–H groups in total. The summed E-state index contributed by atoms with van der Waals surface area (Å²) < 4.78 is 15.8. The van der Waals surface area contributed by atoms with Gasteiger partial charge in [0.05, 0.1) is 26.5 Å². The predicted molar refractivity (Wildman–Crippen MR) is 103 cm³/mol. The maximum Gasteiger partial charge on any atom is 0.251 e. The minimum atomic E-state index is -0.310. The fraction of sp³-hybridized carbons (Fsp3) is 0.300. The second kappa shape index (κ2) is 10.1. The molecule has 0 spiro atoms. The van der Waals surface area contributed by atoms with E-state index in [1.165, 1.54) is 14.2 Å². The lowest BCUT2D eigenvalue weighted by Crippen LogP contribution is -2.27. The molecule has 0 aliphatic heterocycles. The standard InChI is InChI=1S/C20H24N2O5/c1-4-27-18-8-6-5-7-17(18)22-19(23)9-10-21-20(24)14-11-15(25-2)13-16(12-14)26-3/h5-8,11-13H,4,9-10H2,1-3H3,(H,21,24)(H,22,23). The number of benzene rings is 2. The van der Waals surface area contributed by atoms with Gasteiger partial charge in [0.2, 0.25) is 5.91 Å². The molecule has 0 bridgehead atoms. The number of nitrogens with one attached hydrogen (secondary N) is 2. The average molecular weight is 372 g/mol. The molecule has 2 aromatic carbocycles. The van der Waals surface area contributed by atoms with Gasteiger partial charge in [0.1, 0.15) is 17.2 Å². The molecule has 0 saturated heterocycles. The molecule has 27 heavy (non-hydrogen) atoms. The van der Waals surface area contributed by atoms with E-state index < -0.39 is 0 Å². The van der Waals surface area contributed by atoms with Crippen molar-refractivity contribution in [1.82, 2.24) is 5.32 Å². The molecule has 7 nitrogen and oxygen atoms in total. The van der Waals surface area contributed by atoms with E-state index in [0.717, 1.165) is 0 Å². The van der Waals surface area contributed by atoms with Crippen molar-refractivity contribution in [3.63, 3.8) is 0 Å². The van der Waals surface area contributed by atoms with E-state index in [4.69, 9.17) is 14.2 Å². The van der Waals surface area contributed by atoms with E-state index in [0.29, 0.717) is 35.1 Å². The highest BCUT2D eigenvalue weighted by Crippen LogP contribution is 2.24. The smallest absolute Gasteiger partial charge is 0.251 e. The summed E-state index contributed by atoms with van der Waals surface area (Å²) in [4.78, 5) is 24.4. The number of amides is 2. The van der Waals surface area contributed by atoms with E-state index in [2.05, 4.69) is 10.6 Å². The normalized spacial score (nSPS) is 10.0. The highest BCUT2D eigenvalue weighted by molar-refractivity contribution is 5.96. The van der Waals surface area contributed by atoms with Crippen molar-refractivity contribution >= 4 is 17.5 Å². The molecule has 0 unspecified atom stereocenters. The Labute approximate surface area is 158 Å². The van der Waals surface area contributed by atoms with Gasteiger partial charge in [0.15, 0.2) is 0 Å². The number of rotatable bonds is 9. The lowest BCUT2D eigenvalue weighted by molar-refractivity contribution is -0.116. The Balaban J connectivity index is 1.89. The van der Waals surface area contributed by atoms with Crippen LogP contribution in [0.2, 0.25) is 0 Å². The molecule has 7 heteroatoms. The van der Waals surface area contributed by atoms with Gasteiger partial charge in [0.25, 0.3) is 5.91 Å². The number of carbonyl (C=O) groups excluding carboxylic acids is 2. The van der Waals surface area contributed by atoms with Crippen LogP contribution in [-0.4, -0.2) is 39.2 Å². The lowest BCUT2D eigenvalue weighted by Gasteiger charge is -2.12. The molecular weight excluding hydrogens is 348 g/mol. The van der Waals surface area contributed by atoms with E-state index in [1.807, 2.05) is 19.1 Å². The molecule has 0 fully saturated rings. The van der Waals surface area contributed by atoms with Gasteiger partial charge in [-0.15, -0.1) is 0 Å². The first-order chi connectivity index (χ1) is 13.1. The summed E-state index contributed by atoms with van der Waals surface area (Å²) in [6, 6.07) is 12.1. The molecule has 0 radical (unpaired) electrons. The fourth-order valence-corrected chi connectivity index (χ4v) is 2.39. The number of para-hydroxylation sites is 2. The number of hydrogen-bond donors (Lipinski definition) is 2. The topological polar surface area (TPSA) is 85.9 Å². The zero-order valence-electron chi connectivity index (χ0n) is 15.7. The quantitative estimate of drug-likeness (QED) is 0.707. The molecule has 2 rings (SSSR count). The van der Waals surface area contributed by atoms with Gasteiger partial charge < -0.3 is 24.8 Å². The van der Waals surface area contributed by atoms with Gasteiger partial charge in [-0.3, -0.25) is 9.59 Å². The minimum Gasteiger partial charge on any atom is -0.497 e. The number of anilines is 1. The molecule has 2 aromatic rings. The minimum absolute atomic E-state index is 0.132. The first kappa shape index (κ1) is 20.1. The van der Waals surface area contributed by atoms with Crippen LogP contribution in [0, 0.1) is 0 Å². The Morgan fingerprint density at radius 3 is 2.30 bits per heavy atom. The van der Waals surface area contributed by atoms with Crippen LogP contribution in [0.15, 0.2) is 42.5 Å². The van der Waals surface area contributed by atoms with E-state index >= 15 is 0 Å². The van der Waals surface area contributed by atoms with Crippen LogP contribution in [0.1, 0.15) is 23.7 Å². The molecular formula is C20H24N2O5. The first-order valence-corrected chi connectivity index (χ1v) is 8.60. The molecule has 0 heterocycles. The van der Waals surface area contributed by atoms with Crippen molar-refractivity contribution in [2.75, 3.05) is 32.7 Å². The van der Waals surface area contributed by atoms with Crippen molar-refractivity contribution in [2.45, 2.75) is 13.3 Å². The highest BCUT2D eigenvalue weighted by Gasteiger charge is 2.11. The van der Waals surface area contributed by atoms with Gasteiger partial charge in [-0.25, -0.2) is 0 Å². The maximum absolute atomic E-state index is 12.3.